The number of hydrogen-bond acceptors (Lipinski definition) is 4. The second-order valence-corrected chi connectivity index (χ2v) is 7.36. The van der Waals surface area contributed by atoms with Crippen molar-refractivity contribution >= 4 is 15.5 Å². The fraction of sp³-hybridized carbons (Fsp3) is 0.571. The van der Waals surface area contributed by atoms with E-state index in [1.165, 1.54) is 6.26 Å². The summed E-state index contributed by atoms with van der Waals surface area (Å²) in [6.07, 6.45) is 3.87. The molecule has 1 aliphatic heterocycles. The lowest BCUT2D eigenvalue weighted by Crippen LogP contribution is -2.31. The quantitative estimate of drug-likeness (QED) is 0.916. The lowest BCUT2D eigenvalue weighted by molar-refractivity contribution is 0.175. The Hall–Kier alpha value is -1.07. The van der Waals surface area contributed by atoms with Crippen molar-refractivity contribution in [2.45, 2.75) is 43.2 Å². The number of nitrogens with zero attached hydrogens (tertiary/aromatic N) is 1. The Labute approximate surface area is 115 Å². The zero-order chi connectivity index (χ0) is 14.0. The van der Waals surface area contributed by atoms with E-state index in [4.69, 9.17) is 0 Å². The van der Waals surface area contributed by atoms with Gasteiger partial charge in [-0.2, -0.15) is 0 Å². The molecule has 1 saturated heterocycles. The molecule has 1 fully saturated rings. The Bertz CT molecular complexity index is 522. The zero-order valence-electron chi connectivity index (χ0n) is 11.4. The lowest BCUT2D eigenvalue weighted by atomic mass is 10.1. The van der Waals surface area contributed by atoms with Gasteiger partial charge in [-0.05, 0) is 50.5 Å². The predicted molar refractivity (Wildman–Crippen MR) is 76.2 cm³/mol. The summed E-state index contributed by atoms with van der Waals surface area (Å²) in [7, 11) is -3.13. The van der Waals surface area contributed by atoms with Crippen LogP contribution in [0.2, 0.25) is 0 Å². The highest BCUT2D eigenvalue weighted by atomic mass is 32.2. The van der Waals surface area contributed by atoms with Gasteiger partial charge >= 0.3 is 0 Å². The topological polar surface area (TPSA) is 57.6 Å². The van der Waals surface area contributed by atoms with Gasteiger partial charge in [0.05, 0.1) is 11.0 Å². The van der Waals surface area contributed by atoms with Crippen LogP contribution in [0.1, 0.15) is 26.2 Å². The first-order valence-electron chi connectivity index (χ1n) is 6.63. The van der Waals surface area contributed by atoms with E-state index < -0.39 is 9.84 Å². The van der Waals surface area contributed by atoms with E-state index >= 15 is 0 Å². The summed E-state index contributed by atoms with van der Waals surface area (Å²) in [5, 5.41) is 9.52. The van der Waals surface area contributed by atoms with E-state index in [0.29, 0.717) is 10.9 Å². The molecule has 1 aromatic rings. The van der Waals surface area contributed by atoms with Crippen molar-refractivity contribution in [2.24, 2.45) is 0 Å². The van der Waals surface area contributed by atoms with Crippen molar-refractivity contribution in [1.82, 2.24) is 0 Å². The van der Waals surface area contributed by atoms with Crippen molar-refractivity contribution in [1.29, 1.82) is 0 Å². The van der Waals surface area contributed by atoms with Crippen molar-refractivity contribution in [3.05, 3.63) is 24.3 Å². The van der Waals surface area contributed by atoms with Gasteiger partial charge in [0.2, 0.25) is 0 Å². The van der Waals surface area contributed by atoms with Gasteiger partial charge in [0.25, 0.3) is 0 Å². The first-order valence-corrected chi connectivity index (χ1v) is 8.52. The van der Waals surface area contributed by atoms with E-state index in [-0.39, 0.29) is 6.10 Å². The molecular weight excluding hydrogens is 262 g/mol. The Morgan fingerprint density at radius 3 is 2.53 bits per heavy atom. The highest BCUT2D eigenvalue weighted by Gasteiger charge is 2.25. The normalized spacial score (nSPS) is 21.6. The van der Waals surface area contributed by atoms with Crippen LogP contribution in [-0.2, 0) is 9.84 Å². The number of anilines is 1. The SMILES string of the molecule is CC(O)CC1CCCN1c1ccc(S(C)(=O)=O)cc1. The molecule has 1 aromatic carbocycles. The van der Waals surface area contributed by atoms with Gasteiger partial charge in [0.15, 0.2) is 9.84 Å². The summed E-state index contributed by atoms with van der Waals surface area (Å²) in [6.45, 7) is 2.78. The van der Waals surface area contributed by atoms with Crippen molar-refractivity contribution in [2.75, 3.05) is 17.7 Å². The highest BCUT2D eigenvalue weighted by Crippen LogP contribution is 2.28. The maximum Gasteiger partial charge on any atom is 0.175 e. The maximum atomic E-state index is 11.4. The van der Waals surface area contributed by atoms with Crippen molar-refractivity contribution in [3.63, 3.8) is 0 Å². The fourth-order valence-electron chi connectivity index (χ4n) is 2.70. The zero-order valence-corrected chi connectivity index (χ0v) is 12.2. The van der Waals surface area contributed by atoms with Gasteiger partial charge in [0.1, 0.15) is 0 Å². The number of hydrogen-bond donors (Lipinski definition) is 1. The summed E-state index contributed by atoms with van der Waals surface area (Å²) in [6, 6.07) is 7.38. The van der Waals surface area contributed by atoms with Gasteiger partial charge in [-0.1, -0.05) is 0 Å². The third-order valence-corrected chi connectivity index (χ3v) is 4.72. The Kier molecular flexibility index (Phi) is 4.16. The first kappa shape index (κ1) is 14.3. The molecule has 0 aliphatic carbocycles. The number of sulfone groups is 1. The fourth-order valence-corrected chi connectivity index (χ4v) is 3.33. The third-order valence-electron chi connectivity index (χ3n) is 3.59. The molecule has 0 amide bonds. The molecule has 1 heterocycles. The van der Waals surface area contributed by atoms with Gasteiger partial charge < -0.3 is 10.0 Å². The van der Waals surface area contributed by atoms with Crippen molar-refractivity contribution < 1.29 is 13.5 Å². The van der Waals surface area contributed by atoms with Gasteiger partial charge in [0, 0.05) is 24.5 Å². The molecule has 0 bridgehead atoms. The number of benzene rings is 1. The summed E-state index contributed by atoms with van der Waals surface area (Å²) >= 11 is 0. The standard InChI is InChI=1S/C14H21NO3S/c1-11(16)10-13-4-3-9-15(13)12-5-7-14(8-6-12)19(2,17)18/h5-8,11,13,16H,3-4,9-10H2,1-2H3. The first-order chi connectivity index (χ1) is 8.88. The number of aliphatic hydroxyl groups is 1. The van der Waals surface area contributed by atoms with E-state index in [1.54, 1.807) is 12.1 Å². The number of aliphatic hydroxyl groups excluding tert-OH is 1. The molecule has 2 atom stereocenters. The van der Waals surface area contributed by atoms with Crippen molar-refractivity contribution in [3.8, 4) is 0 Å². The minimum atomic E-state index is -3.13. The van der Waals surface area contributed by atoms with E-state index in [2.05, 4.69) is 4.90 Å². The predicted octanol–water partition coefficient (Wildman–Crippen LogP) is 1.83. The minimum Gasteiger partial charge on any atom is -0.393 e. The molecule has 4 nitrogen and oxygen atoms in total. The van der Waals surface area contributed by atoms with Gasteiger partial charge in [-0.25, -0.2) is 8.42 Å². The summed E-state index contributed by atoms with van der Waals surface area (Å²) in [5.74, 6) is 0. The lowest BCUT2D eigenvalue weighted by Gasteiger charge is -2.27. The largest absolute Gasteiger partial charge is 0.393 e. The van der Waals surface area contributed by atoms with Crippen LogP contribution in [0.3, 0.4) is 0 Å². The monoisotopic (exact) mass is 283 g/mol. The summed E-state index contributed by atoms with van der Waals surface area (Å²) < 4.78 is 22.9. The molecule has 0 radical (unpaired) electrons. The van der Waals surface area contributed by atoms with Gasteiger partial charge in [-0.3, -0.25) is 0 Å². The molecule has 2 unspecified atom stereocenters. The Morgan fingerprint density at radius 2 is 2.00 bits per heavy atom. The smallest absolute Gasteiger partial charge is 0.175 e. The van der Waals surface area contributed by atoms with Crippen LogP contribution in [0.15, 0.2) is 29.2 Å². The number of rotatable bonds is 4. The average molecular weight is 283 g/mol. The molecule has 0 saturated carbocycles. The molecule has 1 aliphatic rings. The summed E-state index contributed by atoms with van der Waals surface area (Å²) in [5.41, 5.74) is 1.04. The molecule has 1 N–H and O–H groups in total. The second-order valence-electron chi connectivity index (χ2n) is 5.34. The van der Waals surface area contributed by atoms with E-state index in [1.807, 2.05) is 19.1 Å². The minimum absolute atomic E-state index is 0.305. The van der Waals surface area contributed by atoms with Crippen LogP contribution in [0, 0.1) is 0 Å². The maximum absolute atomic E-state index is 11.4. The molecule has 0 aromatic heterocycles. The van der Waals surface area contributed by atoms with E-state index in [0.717, 1.165) is 31.5 Å². The Morgan fingerprint density at radius 1 is 1.37 bits per heavy atom. The molecule has 106 valence electrons. The van der Waals surface area contributed by atoms with Crippen LogP contribution in [-0.4, -0.2) is 38.5 Å². The molecule has 2 rings (SSSR count). The van der Waals surface area contributed by atoms with Crippen LogP contribution < -0.4 is 4.90 Å². The second kappa shape index (κ2) is 5.51. The van der Waals surface area contributed by atoms with Crippen LogP contribution in [0.5, 0.6) is 0 Å². The molecule has 19 heavy (non-hydrogen) atoms. The van der Waals surface area contributed by atoms with E-state index in [9.17, 15) is 13.5 Å². The van der Waals surface area contributed by atoms with Crippen LogP contribution >= 0.6 is 0 Å². The highest BCUT2D eigenvalue weighted by molar-refractivity contribution is 7.90. The van der Waals surface area contributed by atoms with Crippen LogP contribution in [0.25, 0.3) is 0 Å². The average Bonchev–Trinajstić information content (AvgIpc) is 2.75. The van der Waals surface area contributed by atoms with Crippen LogP contribution in [0.4, 0.5) is 5.69 Å². The summed E-state index contributed by atoms with van der Waals surface area (Å²) in [4.78, 5) is 2.61. The molecule has 5 heteroatoms. The third kappa shape index (κ3) is 3.48. The molecule has 0 spiro atoms. The van der Waals surface area contributed by atoms with Gasteiger partial charge in [-0.15, -0.1) is 0 Å². The Balaban J connectivity index is 2.17. The molecular formula is C14H21NO3S.